The molecule has 21 heteroatoms. The molecular weight excluding hydrogens is 704 g/mol. The Morgan fingerprint density at radius 3 is 1.68 bits per heavy atom. The summed E-state index contributed by atoms with van der Waals surface area (Å²) in [6.07, 6.45) is -3.80. The Morgan fingerprint density at radius 2 is 1.19 bits per heavy atom. The van der Waals surface area contributed by atoms with E-state index in [9.17, 15) is 63.6 Å². The molecular formula is C32H54N8O13. The van der Waals surface area contributed by atoms with Crippen LogP contribution in [0.3, 0.4) is 0 Å². The van der Waals surface area contributed by atoms with Gasteiger partial charge in [0.25, 0.3) is 0 Å². The van der Waals surface area contributed by atoms with Crippen molar-refractivity contribution in [2.75, 3.05) is 19.6 Å². The quantitative estimate of drug-likeness (QED) is 0.0526. The zero-order valence-corrected chi connectivity index (χ0v) is 30.7. The first-order chi connectivity index (χ1) is 24.6. The molecule has 0 spiro atoms. The van der Waals surface area contributed by atoms with Crippen LogP contribution in [0.2, 0.25) is 0 Å². The molecule has 0 aromatic carbocycles. The molecule has 8 atom stereocenters. The minimum Gasteiger partial charge on any atom is -0.481 e. The molecule has 0 bridgehead atoms. The average molecular weight is 759 g/mol. The fourth-order valence-corrected chi connectivity index (χ4v) is 5.36. The predicted molar refractivity (Wildman–Crippen MR) is 184 cm³/mol. The lowest BCUT2D eigenvalue weighted by atomic mass is 10.0. The number of amides is 7. The lowest BCUT2D eigenvalue weighted by Crippen LogP contribution is -2.62. The molecule has 1 aliphatic rings. The van der Waals surface area contributed by atoms with E-state index in [0.29, 0.717) is 6.42 Å². The van der Waals surface area contributed by atoms with E-state index in [0.717, 1.165) is 11.8 Å². The van der Waals surface area contributed by atoms with Gasteiger partial charge in [0.2, 0.25) is 41.4 Å². The van der Waals surface area contributed by atoms with Gasteiger partial charge in [0.1, 0.15) is 36.3 Å². The highest BCUT2D eigenvalue weighted by Gasteiger charge is 2.40. The Labute approximate surface area is 306 Å². The van der Waals surface area contributed by atoms with Crippen LogP contribution >= 0.6 is 0 Å². The highest BCUT2D eigenvalue weighted by atomic mass is 16.4. The van der Waals surface area contributed by atoms with E-state index in [-0.39, 0.29) is 25.4 Å². The number of carbonyl (C=O) groups is 9. The number of likely N-dealkylation sites (tertiary alicyclic amines) is 1. The van der Waals surface area contributed by atoms with E-state index in [2.05, 4.69) is 31.9 Å². The fourth-order valence-electron chi connectivity index (χ4n) is 5.36. The van der Waals surface area contributed by atoms with E-state index in [1.807, 2.05) is 0 Å². The zero-order valence-electron chi connectivity index (χ0n) is 30.7. The van der Waals surface area contributed by atoms with Crippen molar-refractivity contribution in [2.45, 2.75) is 116 Å². The number of nitrogens with two attached hydrogens (primary N) is 1. The van der Waals surface area contributed by atoms with Crippen molar-refractivity contribution < 1.29 is 63.6 Å². The van der Waals surface area contributed by atoms with Crippen molar-refractivity contribution in [2.24, 2.45) is 17.6 Å². The van der Waals surface area contributed by atoms with Crippen LogP contribution in [0.4, 0.5) is 0 Å². The molecule has 0 radical (unpaired) electrons. The van der Waals surface area contributed by atoms with Gasteiger partial charge in [-0.25, -0.2) is 4.79 Å². The maximum atomic E-state index is 13.4. The van der Waals surface area contributed by atoms with Gasteiger partial charge in [-0.15, -0.1) is 0 Å². The van der Waals surface area contributed by atoms with Crippen molar-refractivity contribution in [1.29, 1.82) is 0 Å². The van der Waals surface area contributed by atoms with E-state index < -0.39 is 127 Å². The number of carbonyl (C=O) groups excluding carboxylic acids is 7. The average Bonchev–Trinajstić information content (AvgIpc) is 3.57. The molecule has 0 saturated carbocycles. The molecule has 1 saturated heterocycles. The molecule has 7 amide bonds. The van der Waals surface area contributed by atoms with Crippen LogP contribution in [-0.2, 0) is 43.2 Å². The van der Waals surface area contributed by atoms with Crippen molar-refractivity contribution in [3.8, 4) is 0 Å². The summed E-state index contributed by atoms with van der Waals surface area (Å²) in [5.41, 5.74) is 5.29. The summed E-state index contributed by atoms with van der Waals surface area (Å²) in [5, 5.41) is 53.5. The van der Waals surface area contributed by atoms with Gasteiger partial charge in [0.05, 0.1) is 25.3 Å². The second kappa shape index (κ2) is 21.6. The summed E-state index contributed by atoms with van der Waals surface area (Å²) in [6, 6.07) is -8.59. The van der Waals surface area contributed by atoms with Crippen LogP contribution < -0.4 is 37.6 Å². The first-order valence-corrected chi connectivity index (χ1v) is 17.2. The van der Waals surface area contributed by atoms with Crippen LogP contribution in [0.25, 0.3) is 0 Å². The number of nitrogens with one attached hydrogen (secondary N) is 6. The summed E-state index contributed by atoms with van der Waals surface area (Å²) in [7, 11) is 0. The van der Waals surface area contributed by atoms with Crippen LogP contribution in [0.15, 0.2) is 0 Å². The minimum atomic E-state index is -1.76. The Kier molecular flexibility index (Phi) is 18.8. The SMILES string of the molecule is CC(C)[C@H](NC(=O)CN)C(=O)NCC(=O)N[C@H](C(=O)N[C@H](C(=O)N[C@@H](CCC(=O)O)C(=O)N[C@H](C(=O)N1CCC[C@H]1C(=O)O)[C@@H](C)O)[C@@H](C)O)C(C)C. The van der Waals surface area contributed by atoms with E-state index in [1.54, 1.807) is 27.7 Å². The Balaban J connectivity index is 3.11. The molecule has 1 rings (SSSR count). The Bertz CT molecular complexity index is 1360. The first kappa shape index (κ1) is 46.1. The van der Waals surface area contributed by atoms with Crippen molar-refractivity contribution >= 4 is 53.3 Å². The van der Waals surface area contributed by atoms with E-state index >= 15 is 0 Å². The number of carboxylic acids is 2. The van der Waals surface area contributed by atoms with Gasteiger partial charge in [-0.3, -0.25) is 38.4 Å². The summed E-state index contributed by atoms with van der Waals surface area (Å²) in [5.74, 6) is -9.77. The molecule has 0 aromatic heterocycles. The standard InChI is InChI=1S/C32H54N8O13/c1-14(2)23(36-20(43)12-33)28(48)34-13-21(44)37-24(15(3)4)29(49)38-25(16(5)41)30(50)35-18(9-10-22(45)46)27(47)39-26(17(6)42)31(51)40-11-7-8-19(40)32(52)53/h14-19,23-26,41-42H,7-13,33H2,1-6H3,(H,34,48)(H,35,50)(H,36,43)(H,37,44)(H,38,49)(H,39,47)(H,45,46)(H,52,53)/t16-,17-,18+,19+,23+,24+,25+,26+/m1/s1. The van der Waals surface area contributed by atoms with Gasteiger partial charge < -0.3 is 63.0 Å². The number of aliphatic hydroxyl groups is 2. The lowest BCUT2D eigenvalue weighted by Gasteiger charge is -2.31. The number of hydrogen-bond donors (Lipinski definition) is 11. The maximum absolute atomic E-state index is 13.4. The number of rotatable bonds is 21. The highest BCUT2D eigenvalue weighted by Crippen LogP contribution is 2.19. The lowest BCUT2D eigenvalue weighted by molar-refractivity contribution is -0.150. The summed E-state index contributed by atoms with van der Waals surface area (Å²) in [6.45, 7) is 7.85. The van der Waals surface area contributed by atoms with Gasteiger partial charge >= 0.3 is 11.9 Å². The third-order valence-corrected chi connectivity index (χ3v) is 8.35. The predicted octanol–water partition coefficient (Wildman–Crippen LogP) is -4.50. The van der Waals surface area contributed by atoms with E-state index in [1.165, 1.54) is 6.92 Å². The van der Waals surface area contributed by atoms with E-state index in [4.69, 9.17) is 5.73 Å². The third-order valence-electron chi connectivity index (χ3n) is 8.35. The van der Waals surface area contributed by atoms with Gasteiger partial charge in [0.15, 0.2) is 0 Å². The van der Waals surface area contributed by atoms with Crippen molar-refractivity contribution in [3.63, 3.8) is 0 Å². The summed E-state index contributed by atoms with van der Waals surface area (Å²) < 4.78 is 0. The maximum Gasteiger partial charge on any atom is 0.326 e. The second-order valence-electron chi connectivity index (χ2n) is 13.5. The fraction of sp³-hybridized carbons (Fsp3) is 0.719. The minimum absolute atomic E-state index is 0.0454. The number of hydrogen-bond acceptors (Lipinski definition) is 12. The Hall–Kier alpha value is -4.89. The first-order valence-electron chi connectivity index (χ1n) is 17.2. The molecule has 0 aliphatic carbocycles. The molecule has 300 valence electrons. The van der Waals surface area contributed by atoms with Gasteiger partial charge in [-0.1, -0.05) is 27.7 Å². The van der Waals surface area contributed by atoms with Crippen LogP contribution in [-0.4, -0.2) is 147 Å². The smallest absolute Gasteiger partial charge is 0.326 e. The largest absolute Gasteiger partial charge is 0.481 e. The van der Waals surface area contributed by atoms with Gasteiger partial charge in [-0.2, -0.15) is 0 Å². The third kappa shape index (κ3) is 14.6. The summed E-state index contributed by atoms with van der Waals surface area (Å²) >= 11 is 0. The molecule has 53 heavy (non-hydrogen) atoms. The Morgan fingerprint density at radius 1 is 0.679 bits per heavy atom. The molecule has 21 nitrogen and oxygen atoms in total. The number of aliphatic hydroxyl groups excluding tert-OH is 2. The number of carboxylic acid groups (broad SMARTS) is 2. The number of nitrogens with zero attached hydrogens (tertiary/aromatic N) is 1. The molecule has 12 N–H and O–H groups in total. The molecule has 1 fully saturated rings. The molecule has 1 aliphatic heterocycles. The topological polar surface area (TPSA) is 336 Å². The van der Waals surface area contributed by atoms with Crippen molar-refractivity contribution in [1.82, 2.24) is 36.8 Å². The van der Waals surface area contributed by atoms with Crippen molar-refractivity contribution in [3.05, 3.63) is 0 Å². The number of aliphatic carboxylic acids is 2. The van der Waals surface area contributed by atoms with Crippen LogP contribution in [0.1, 0.15) is 67.2 Å². The normalized spacial score (nSPS) is 18.0. The molecule has 0 unspecified atom stereocenters. The van der Waals surface area contributed by atoms with Gasteiger partial charge in [0, 0.05) is 13.0 Å². The van der Waals surface area contributed by atoms with Crippen LogP contribution in [0.5, 0.6) is 0 Å². The molecule has 1 heterocycles. The monoisotopic (exact) mass is 758 g/mol. The second-order valence-corrected chi connectivity index (χ2v) is 13.5. The highest BCUT2D eigenvalue weighted by molar-refractivity contribution is 5.97. The van der Waals surface area contributed by atoms with Gasteiger partial charge in [-0.05, 0) is 44.9 Å². The van der Waals surface area contributed by atoms with Crippen LogP contribution in [0, 0.1) is 11.8 Å². The zero-order chi connectivity index (χ0) is 40.7. The molecule has 0 aromatic rings. The summed E-state index contributed by atoms with van der Waals surface area (Å²) in [4.78, 5) is 114.